The Morgan fingerprint density at radius 1 is 1.38 bits per heavy atom. The molecule has 2 aliphatic rings. The van der Waals surface area contributed by atoms with E-state index in [1.54, 1.807) is 19.1 Å². The Balaban J connectivity index is 2.04. The molecule has 1 aromatic rings. The number of carbonyl (C=O) groups is 1. The molecule has 0 spiro atoms. The second-order valence-electron chi connectivity index (χ2n) is 5.28. The Morgan fingerprint density at radius 2 is 2.19 bits per heavy atom. The number of ether oxygens (including phenoxy) is 1. The molecule has 0 aromatic heterocycles. The molecule has 0 radical (unpaired) electrons. The average Bonchev–Trinajstić information content (AvgIpc) is 2.87. The Labute approximate surface area is 124 Å². The molecular formula is C14H18N2O4S. The zero-order chi connectivity index (χ0) is 15.0. The van der Waals surface area contributed by atoms with Crippen molar-refractivity contribution in [3.05, 3.63) is 23.8 Å². The number of carbonyl (C=O) groups excluding carboxylic acids is 1. The van der Waals surface area contributed by atoms with Crippen LogP contribution in [0.25, 0.3) is 0 Å². The number of hydrogen-bond donors (Lipinski definition) is 1. The Bertz CT molecular complexity index is 672. The highest BCUT2D eigenvalue weighted by Gasteiger charge is 2.37. The van der Waals surface area contributed by atoms with Gasteiger partial charge in [0.05, 0.1) is 6.61 Å². The summed E-state index contributed by atoms with van der Waals surface area (Å²) in [5.74, 6) is 0.180. The maximum atomic E-state index is 12.9. The third-order valence-electron chi connectivity index (χ3n) is 3.93. The van der Waals surface area contributed by atoms with Gasteiger partial charge in [0.1, 0.15) is 16.7 Å². The van der Waals surface area contributed by atoms with Gasteiger partial charge in [-0.05, 0) is 25.0 Å². The molecule has 0 saturated carbocycles. The highest BCUT2D eigenvalue weighted by molar-refractivity contribution is 7.89. The molecular weight excluding hydrogens is 292 g/mol. The van der Waals surface area contributed by atoms with Gasteiger partial charge in [0.25, 0.3) is 0 Å². The number of benzene rings is 1. The number of sulfonamides is 1. The van der Waals surface area contributed by atoms with Crippen LogP contribution in [0.2, 0.25) is 0 Å². The Morgan fingerprint density at radius 3 is 3.00 bits per heavy atom. The van der Waals surface area contributed by atoms with E-state index in [0.29, 0.717) is 38.3 Å². The van der Waals surface area contributed by atoms with Crippen LogP contribution in [0.1, 0.15) is 18.9 Å². The predicted molar refractivity (Wildman–Crippen MR) is 76.6 cm³/mol. The predicted octanol–water partition coefficient (Wildman–Crippen LogP) is 0.521. The molecule has 7 heteroatoms. The highest BCUT2D eigenvalue weighted by atomic mass is 32.2. The van der Waals surface area contributed by atoms with Crippen LogP contribution in [0.4, 0.5) is 0 Å². The van der Waals surface area contributed by atoms with Crippen molar-refractivity contribution in [1.82, 2.24) is 9.62 Å². The minimum absolute atomic E-state index is 0.166. The summed E-state index contributed by atoms with van der Waals surface area (Å²) in [5.41, 5.74) is 0.906. The van der Waals surface area contributed by atoms with Crippen molar-refractivity contribution in [3.63, 3.8) is 0 Å². The minimum Gasteiger partial charge on any atom is -0.492 e. The molecule has 0 aliphatic carbocycles. The van der Waals surface area contributed by atoms with Gasteiger partial charge in [0.15, 0.2) is 0 Å². The highest BCUT2D eigenvalue weighted by Crippen LogP contribution is 2.35. The van der Waals surface area contributed by atoms with Crippen molar-refractivity contribution in [2.75, 3.05) is 19.7 Å². The van der Waals surface area contributed by atoms with Gasteiger partial charge in [-0.1, -0.05) is 12.1 Å². The van der Waals surface area contributed by atoms with Gasteiger partial charge in [-0.3, -0.25) is 4.79 Å². The summed E-state index contributed by atoms with van der Waals surface area (Å²) >= 11 is 0. The fourth-order valence-electron chi connectivity index (χ4n) is 2.76. The Kier molecular flexibility index (Phi) is 3.62. The first-order valence-corrected chi connectivity index (χ1v) is 8.50. The van der Waals surface area contributed by atoms with E-state index < -0.39 is 16.1 Å². The number of para-hydroxylation sites is 1. The summed E-state index contributed by atoms with van der Waals surface area (Å²) < 4.78 is 32.6. The topological polar surface area (TPSA) is 75.7 Å². The number of nitrogens with one attached hydrogen (secondary N) is 1. The lowest BCUT2D eigenvalue weighted by Crippen LogP contribution is -2.45. The molecule has 21 heavy (non-hydrogen) atoms. The van der Waals surface area contributed by atoms with Crippen LogP contribution in [0.3, 0.4) is 0 Å². The van der Waals surface area contributed by atoms with Gasteiger partial charge in [-0.25, -0.2) is 8.42 Å². The molecule has 2 aliphatic heterocycles. The van der Waals surface area contributed by atoms with Gasteiger partial charge < -0.3 is 10.1 Å². The standard InChI is InChI=1S/C14H18N2O4S/c1-10-14(17)15-7-3-8-16(10)21(18,19)12-5-2-4-11-6-9-20-13(11)12/h2,4-5,10H,3,6-9H2,1H3,(H,15,17)/t10-/m0/s1. The van der Waals surface area contributed by atoms with Crippen LogP contribution in [-0.4, -0.2) is 44.4 Å². The van der Waals surface area contributed by atoms with Gasteiger partial charge in [-0.2, -0.15) is 4.31 Å². The lowest BCUT2D eigenvalue weighted by Gasteiger charge is -2.25. The van der Waals surface area contributed by atoms with Crippen molar-refractivity contribution < 1.29 is 17.9 Å². The molecule has 1 atom stereocenters. The van der Waals surface area contributed by atoms with Crippen LogP contribution < -0.4 is 10.1 Å². The first-order chi connectivity index (χ1) is 10.0. The molecule has 1 N–H and O–H groups in total. The molecule has 0 unspecified atom stereocenters. The molecule has 6 nitrogen and oxygen atoms in total. The summed E-state index contributed by atoms with van der Waals surface area (Å²) in [6, 6.07) is 4.44. The number of rotatable bonds is 2. The van der Waals surface area contributed by atoms with E-state index in [0.717, 1.165) is 5.56 Å². The molecule has 1 saturated heterocycles. The van der Waals surface area contributed by atoms with Gasteiger partial charge in [-0.15, -0.1) is 0 Å². The van der Waals surface area contributed by atoms with Crippen LogP contribution in [0.15, 0.2) is 23.1 Å². The molecule has 1 aromatic carbocycles. The average molecular weight is 310 g/mol. The SMILES string of the molecule is C[C@H]1C(=O)NCCCN1S(=O)(=O)c1cccc2c1OCC2. The maximum absolute atomic E-state index is 12.9. The zero-order valence-corrected chi connectivity index (χ0v) is 12.6. The lowest BCUT2D eigenvalue weighted by molar-refractivity contribution is -0.123. The number of hydrogen-bond acceptors (Lipinski definition) is 4. The second kappa shape index (κ2) is 5.31. The first-order valence-electron chi connectivity index (χ1n) is 7.06. The van der Waals surface area contributed by atoms with Crippen molar-refractivity contribution in [2.24, 2.45) is 0 Å². The van der Waals surface area contributed by atoms with Crippen LogP contribution in [0.5, 0.6) is 5.75 Å². The second-order valence-corrected chi connectivity index (χ2v) is 7.14. The van der Waals surface area contributed by atoms with E-state index in [2.05, 4.69) is 5.32 Å². The molecule has 114 valence electrons. The molecule has 3 rings (SSSR count). The fourth-order valence-corrected chi connectivity index (χ4v) is 4.57. The summed E-state index contributed by atoms with van der Waals surface area (Å²) in [4.78, 5) is 12.1. The summed E-state index contributed by atoms with van der Waals surface area (Å²) in [6.07, 6.45) is 1.32. The van der Waals surface area contributed by atoms with Gasteiger partial charge in [0, 0.05) is 19.5 Å². The minimum atomic E-state index is -3.75. The third-order valence-corrected chi connectivity index (χ3v) is 5.92. The summed E-state index contributed by atoms with van der Waals surface area (Å²) in [6.45, 7) is 2.94. The summed E-state index contributed by atoms with van der Waals surface area (Å²) in [7, 11) is -3.75. The monoisotopic (exact) mass is 310 g/mol. The molecule has 1 amide bonds. The van der Waals surface area contributed by atoms with E-state index in [4.69, 9.17) is 4.74 Å². The molecule has 1 fully saturated rings. The van der Waals surface area contributed by atoms with E-state index in [1.807, 2.05) is 6.07 Å². The van der Waals surface area contributed by atoms with Gasteiger partial charge in [0.2, 0.25) is 15.9 Å². The fraction of sp³-hybridized carbons (Fsp3) is 0.500. The van der Waals surface area contributed by atoms with Crippen LogP contribution in [-0.2, 0) is 21.2 Å². The zero-order valence-electron chi connectivity index (χ0n) is 11.8. The normalized spacial score (nSPS) is 23.1. The van der Waals surface area contributed by atoms with Crippen LogP contribution in [0, 0.1) is 0 Å². The third kappa shape index (κ3) is 2.40. The van der Waals surface area contributed by atoms with Crippen molar-refractivity contribution >= 4 is 15.9 Å². The smallest absolute Gasteiger partial charge is 0.247 e. The quantitative estimate of drug-likeness (QED) is 0.864. The lowest BCUT2D eigenvalue weighted by atomic mass is 10.2. The van der Waals surface area contributed by atoms with Crippen molar-refractivity contribution in [3.8, 4) is 5.75 Å². The largest absolute Gasteiger partial charge is 0.492 e. The van der Waals surface area contributed by atoms with Crippen LogP contribution >= 0.6 is 0 Å². The van der Waals surface area contributed by atoms with Gasteiger partial charge >= 0.3 is 0 Å². The van der Waals surface area contributed by atoms with Crippen molar-refractivity contribution in [1.29, 1.82) is 0 Å². The van der Waals surface area contributed by atoms with Crippen molar-refractivity contribution in [2.45, 2.75) is 30.7 Å². The van der Waals surface area contributed by atoms with E-state index in [1.165, 1.54) is 4.31 Å². The molecule has 2 heterocycles. The van der Waals surface area contributed by atoms with E-state index in [-0.39, 0.29) is 10.8 Å². The van der Waals surface area contributed by atoms with E-state index >= 15 is 0 Å². The molecule has 0 bridgehead atoms. The Hall–Kier alpha value is -1.60. The first kappa shape index (κ1) is 14.3. The maximum Gasteiger partial charge on any atom is 0.247 e. The van der Waals surface area contributed by atoms with E-state index in [9.17, 15) is 13.2 Å². The number of fused-ring (bicyclic) bond motifs is 1. The summed E-state index contributed by atoms with van der Waals surface area (Å²) in [5, 5.41) is 2.72. The number of nitrogens with zero attached hydrogens (tertiary/aromatic N) is 1. The number of amides is 1.